The summed E-state index contributed by atoms with van der Waals surface area (Å²) >= 11 is 0. The first-order valence-corrected chi connectivity index (χ1v) is 7.59. The molecule has 0 aliphatic rings. The molecule has 0 unspecified atom stereocenters. The normalized spacial score (nSPS) is 10.0. The Labute approximate surface area is 141 Å². The summed E-state index contributed by atoms with van der Waals surface area (Å²) in [5, 5.41) is 15.5. The summed E-state index contributed by atoms with van der Waals surface area (Å²) in [6.07, 6.45) is 0. The van der Waals surface area contributed by atoms with Crippen molar-refractivity contribution in [3.8, 4) is 6.07 Å². The van der Waals surface area contributed by atoms with E-state index < -0.39 is 0 Å². The van der Waals surface area contributed by atoms with Crippen molar-refractivity contribution in [3.63, 3.8) is 0 Å². The molecule has 1 heterocycles. The van der Waals surface area contributed by atoms with Gasteiger partial charge in [-0.25, -0.2) is 9.97 Å². The minimum Gasteiger partial charge on any atom is -0.340 e. The monoisotopic (exact) mass is 315 g/mol. The Balaban J connectivity index is 1.86. The molecule has 0 atom stereocenters. The van der Waals surface area contributed by atoms with Crippen molar-refractivity contribution in [1.29, 1.82) is 5.26 Å². The predicted octanol–water partition coefficient (Wildman–Crippen LogP) is 4.45. The van der Waals surface area contributed by atoms with Gasteiger partial charge in [-0.1, -0.05) is 24.3 Å². The molecule has 0 aliphatic carbocycles. The zero-order valence-electron chi connectivity index (χ0n) is 13.5. The maximum atomic E-state index is 8.99. The highest BCUT2D eigenvalue weighted by atomic mass is 15.1. The Hall–Kier alpha value is -3.39. The van der Waals surface area contributed by atoms with Crippen molar-refractivity contribution in [1.82, 2.24) is 9.97 Å². The summed E-state index contributed by atoms with van der Waals surface area (Å²) in [6, 6.07) is 19.3. The molecule has 0 saturated carbocycles. The van der Waals surface area contributed by atoms with E-state index in [0.717, 1.165) is 22.8 Å². The van der Waals surface area contributed by atoms with Crippen LogP contribution >= 0.6 is 0 Å². The SMILES string of the molecule is Cc1nc(Nc2cccc(C#N)c2)cc(Nc2ccccc2C)n1. The van der Waals surface area contributed by atoms with Crippen LogP contribution in [0.15, 0.2) is 54.6 Å². The second kappa shape index (κ2) is 6.80. The number of hydrogen-bond donors (Lipinski definition) is 2. The molecule has 0 amide bonds. The lowest BCUT2D eigenvalue weighted by molar-refractivity contribution is 1.06. The summed E-state index contributed by atoms with van der Waals surface area (Å²) in [7, 11) is 0. The molecule has 3 aromatic rings. The van der Waals surface area contributed by atoms with Gasteiger partial charge in [-0.05, 0) is 43.7 Å². The van der Waals surface area contributed by atoms with E-state index in [1.54, 1.807) is 12.1 Å². The smallest absolute Gasteiger partial charge is 0.136 e. The topological polar surface area (TPSA) is 73.6 Å². The van der Waals surface area contributed by atoms with Gasteiger partial charge in [0.25, 0.3) is 0 Å². The van der Waals surface area contributed by atoms with Gasteiger partial charge in [-0.2, -0.15) is 5.26 Å². The van der Waals surface area contributed by atoms with Crippen LogP contribution < -0.4 is 10.6 Å². The van der Waals surface area contributed by atoms with Gasteiger partial charge in [0.1, 0.15) is 17.5 Å². The van der Waals surface area contributed by atoms with Crippen LogP contribution in [0.1, 0.15) is 17.0 Å². The van der Waals surface area contributed by atoms with Crippen LogP contribution in [0, 0.1) is 25.2 Å². The zero-order chi connectivity index (χ0) is 16.9. The Morgan fingerprint density at radius 1 is 0.875 bits per heavy atom. The van der Waals surface area contributed by atoms with Crippen molar-refractivity contribution in [2.24, 2.45) is 0 Å². The molecular weight excluding hydrogens is 298 g/mol. The molecule has 0 fully saturated rings. The van der Waals surface area contributed by atoms with E-state index in [9.17, 15) is 0 Å². The molecule has 0 radical (unpaired) electrons. The minimum atomic E-state index is 0.601. The molecular formula is C19H17N5. The third-order valence-corrected chi connectivity index (χ3v) is 3.51. The Morgan fingerprint density at radius 2 is 1.62 bits per heavy atom. The van der Waals surface area contributed by atoms with Crippen LogP contribution in [-0.4, -0.2) is 9.97 Å². The predicted molar refractivity (Wildman–Crippen MR) is 95.7 cm³/mol. The molecule has 2 N–H and O–H groups in total. The first-order valence-electron chi connectivity index (χ1n) is 7.59. The fourth-order valence-electron chi connectivity index (χ4n) is 2.36. The molecule has 0 spiro atoms. The van der Waals surface area contributed by atoms with Crippen LogP contribution in [0.3, 0.4) is 0 Å². The Bertz CT molecular complexity index is 912. The molecule has 0 bridgehead atoms. The lowest BCUT2D eigenvalue weighted by Crippen LogP contribution is -2.02. The molecule has 24 heavy (non-hydrogen) atoms. The molecule has 3 rings (SSSR count). The first-order chi connectivity index (χ1) is 11.6. The van der Waals surface area contributed by atoms with Crippen LogP contribution in [0.5, 0.6) is 0 Å². The highest BCUT2D eigenvalue weighted by Crippen LogP contribution is 2.22. The Morgan fingerprint density at radius 3 is 2.38 bits per heavy atom. The third kappa shape index (κ3) is 3.68. The lowest BCUT2D eigenvalue weighted by atomic mass is 10.2. The van der Waals surface area contributed by atoms with Crippen LogP contribution in [0.4, 0.5) is 23.0 Å². The summed E-state index contributed by atoms with van der Waals surface area (Å²) < 4.78 is 0. The van der Waals surface area contributed by atoms with E-state index in [4.69, 9.17) is 5.26 Å². The van der Waals surface area contributed by atoms with E-state index in [1.807, 2.05) is 56.3 Å². The van der Waals surface area contributed by atoms with Crippen molar-refractivity contribution >= 4 is 23.0 Å². The average molecular weight is 315 g/mol. The van der Waals surface area contributed by atoms with E-state index in [2.05, 4.69) is 26.7 Å². The highest BCUT2D eigenvalue weighted by Gasteiger charge is 2.05. The van der Waals surface area contributed by atoms with Crippen molar-refractivity contribution < 1.29 is 0 Å². The second-order valence-electron chi connectivity index (χ2n) is 5.44. The maximum Gasteiger partial charge on any atom is 0.136 e. The fraction of sp³-hybridized carbons (Fsp3) is 0.105. The lowest BCUT2D eigenvalue weighted by Gasteiger charge is -2.12. The first kappa shape index (κ1) is 15.5. The van der Waals surface area contributed by atoms with Gasteiger partial charge in [0, 0.05) is 17.4 Å². The maximum absolute atomic E-state index is 8.99. The van der Waals surface area contributed by atoms with Crippen molar-refractivity contribution in [3.05, 3.63) is 71.5 Å². The number of para-hydroxylation sites is 1. The van der Waals surface area contributed by atoms with Gasteiger partial charge < -0.3 is 10.6 Å². The van der Waals surface area contributed by atoms with Crippen molar-refractivity contribution in [2.45, 2.75) is 13.8 Å². The molecule has 5 heteroatoms. The molecule has 0 aliphatic heterocycles. The quantitative estimate of drug-likeness (QED) is 0.744. The number of anilines is 4. The third-order valence-electron chi connectivity index (χ3n) is 3.51. The highest BCUT2D eigenvalue weighted by molar-refractivity contribution is 5.65. The van der Waals surface area contributed by atoms with E-state index in [-0.39, 0.29) is 0 Å². The number of rotatable bonds is 4. The second-order valence-corrected chi connectivity index (χ2v) is 5.44. The molecule has 5 nitrogen and oxygen atoms in total. The Kier molecular flexibility index (Phi) is 4.39. The van der Waals surface area contributed by atoms with Gasteiger partial charge in [0.15, 0.2) is 0 Å². The number of nitrogens with zero attached hydrogens (tertiary/aromatic N) is 3. The number of hydrogen-bond acceptors (Lipinski definition) is 5. The molecule has 2 aromatic carbocycles. The van der Waals surface area contributed by atoms with Crippen molar-refractivity contribution in [2.75, 3.05) is 10.6 Å². The van der Waals surface area contributed by atoms with E-state index in [1.165, 1.54) is 0 Å². The number of aromatic nitrogens is 2. The van der Waals surface area contributed by atoms with Gasteiger partial charge in [0.2, 0.25) is 0 Å². The van der Waals surface area contributed by atoms with Gasteiger partial charge in [0.05, 0.1) is 11.6 Å². The molecule has 118 valence electrons. The minimum absolute atomic E-state index is 0.601. The van der Waals surface area contributed by atoms with Crippen LogP contribution in [-0.2, 0) is 0 Å². The zero-order valence-corrected chi connectivity index (χ0v) is 13.5. The van der Waals surface area contributed by atoms with E-state index in [0.29, 0.717) is 17.2 Å². The fourth-order valence-corrected chi connectivity index (χ4v) is 2.36. The number of benzene rings is 2. The van der Waals surface area contributed by atoms with Gasteiger partial charge in [-0.3, -0.25) is 0 Å². The van der Waals surface area contributed by atoms with Gasteiger partial charge in [-0.15, -0.1) is 0 Å². The number of nitrogens with one attached hydrogen (secondary N) is 2. The standard InChI is InChI=1S/C19H17N5/c1-13-6-3-4-9-17(13)24-19-11-18(21-14(2)22-19)23-16-8-5-7-15(10-16)12-20/h3-11H,1-2H3,(H2,21,22,23,24). The summed E-state index contributed by atoms with van der Waals surface area (Å²) in [4.78, 5) is 8.83. The van der Waals surface area contributed by atoms with Crippen LogP contribution in [0.25, 0.3) is 0 Å². The summed E-state index contributed by atoms with van der Waals surface area (Å²) in [5.74, 6) is 2.05. The molecule has 1 aromatic heterocycles. The molecule has 0 saturated heterocycles. The average Bonchev–Trinajstić information content (AvgIpc) is 2.56. The van der Waals surface area contributed by atoms with Gasteiger partial charge >= 0.3 is 0 Å². The summed E-state index contributed by atoms with van der Waals surface area (Å²) in [6.45, 7) is 3.89. The number of aryl methyl sites for hydroxylation is 2. The van der Waals surface area contributed by atoms with E-state index >= 15 is 0 Å². The van der Waals surface area contributed by atoms with Crippen LogP contribution in [0.2, 0.25) is 0 Å². The largest absolute Gasteiger partial charge is 0.340 e. The number of nitriles is 1. The summed E-state index contributed by atoms with van der Waals surface area (Å²) in [5.41, 5.74) is 3.57.